The van der Waals surface area contributed by atoms with Gasteiger partial charge >= 0.3 is 6.03 Å². The molecular weight excluding hydrogens is 302 g/mol. The van der Waals surface area contributed by atoms with Crippen LogP contribution in [0.5, 0.6) is 0 Å². The number of aliphatic hydroxyl groups is 1. The van der Waals surface area contributed by atoms with E-state index in [9.17, 15) is 9.90 Å². The Morgan fingerprint density at radius 3 is 2.33 bits per heavy atom. The van der Waals surface area contributed by atoms with E-state index in [1.165, 1.54) is 5.56 Å². The van der Waals surface area contributed by atoms with E-state index in [1.54, 1.807) is 0 Å². The van der Waals surface area contributed by atoms with Gasteiger partial charge < -0.3 is 20.6 Å². The smallest absolute Gasteiger partial charge is 0.319 e. The zero-order valence-electron chi connectivity index (χ0n) is 14.6. The van der Waals surface area contributed by atoms with Gasteiger partial charge in [-0.15, -0.1) is 0 Å². The van der Waals surface area contributed by atoms with Crippen molar-refractivity contribution in [2.24, 2.45) is 0 Å². The highest BCUT2D eigenvalue weighted by Crippen LogP contribution is 2.18. The van der Waals surface area contributed by atoms with E-state index in [4.69, 9.17) is 0 Å². The maximum Gasteiger partial charge on any atom is 0.319 e. The molecule has 0 aliphatic carbocycles. The Kier molecular flexibility index (Phi) is 5.82. The summed E-state index contributed by atoms with van der Waals surface area (Å²) in [5.74, 6) is 0. The minimum absolute atomic E-state index is 0.151. The van der Waals surface area contributed by atoms with Gasteiger partial charge in [-0.25, -0.2) is 4.79 Å². The standard InChI is InChI=1S/C19H25N3O2/c1-13-5-8-16(11-14(13)2)21-19(24)20-12-18(23)15-6-9-17(10-7-15)22(3)4/h5-11,18,23H,12H2,1-4H3,(H2,20,21,24)/t18-/m0/s1. The summed E-state index contributed by atoms with van der Waals surface area (Å²) < 4.78 is 0. The van der Waals surface area contributed by atoms with Crippen molar-refractivity contribution in [3.05, 3.63) is 59.2 Å². The topological polar surface area (TPSA) is 64.6 Å². The molecule has 5 nitrogen and oxygen atoms in total. The molecule has 0 spiro atoms. The third kappa shape index (κ3) is 4.73. The molecule has 0 saturated heterocycles. The van der Waals surface area contributed by atoms with Gasteiger partial charge in [0.05, 0.1) is 6.10 Å². The van der Waals surface area contributed by atoms with Crippen molar-refractivity contribution in [2.75, 3.05) is 30.9 Å². The molecule has 5 heteroatoms. The van der Waals surface area contributed by atoms with E-state index in [0.717, 1.165) is 22.5 Å². The number of urea groups is 1. The van der Waals surface area contributed by atoms with E-state index in [1.807, 2.05) is 75.3 Å². The molecule has 24 heavy (non-hydrogen) atoms. The number of carbonyl (C=O) groups excluding carboxylic acids is 1. The Hall–Kier alpha value is -2.53. The Bertz CT molecular complexity index is 696. The van der Waals surface area contributed by atoms with Gasteiger partial charge in [0.25, 0.3) is 0 Å². The maximum atomic E-state index is 11.9. The highest BCUT2D eigenvalue weighted by Gasteiger charge is 2.10. The molecule has 2 rings (SSSR count). The lowest BCUT2D eigenvalue weighted by Crippen LogP contribution is -2.32. The second-order valence-electron chi connectivity index (χ2n) is 6.14. The molecule has 0 aliphatic rings. The monoisotopic (exact) mass is 327 g/mol. The second-order valence-corrected chi connectivity index (χ2v) is 6.14. The van der Waals surface area contributed by atoms with Crippen LogP contribution in [-0.4, -0.2) is 31.8 Å². The number of hydrogen-bond acceptors (Lipinski definition) is 3. The highest BCUT2D eigenvalue weighted by atomic mass is 16.3. The summed E-state index contributed by atoms with van der Waals surface area (Å²) in [6.45, 7) is 4.18. The van der Waals surface area contributed by atoms with Crippen molar-refractivity contribution in [3.63, 3.8) is 0 Å². The fourth-order valence-electron chi connectivity index (χ4n) is 2.30. The zero-order valence-corrected chi connectivity index (χ0v) is 14.6. The average molecular weight is 327 g/mol. The van der Waals surface area contributed by atoms with Crippen LogP contribution in [0.3, 0.4) is 0 Å². The number of anilines is 2. The molecule has 2 aromatic carbocycles. The lowest BCUT2D eigenvalue weighted by molar-refractivity contribution is 0.175. The molecule has 128 valence electrons. The van der Waals surface area contributed by atoms with Crippen molar-refractivity contribution < 1.29 is 9.90 Å². The number of nitrogens with one attached hydrogen (secondary N) is 2. The molecule has 0 aromatic heterocycles. The third-order valence-corrected chi connectivity index (χ3v) is 4.02. The number of hydrogen-bond donors (Lipinski definition) is 3. The molecule has 0 unspecified atom stereocenters. The molecule has 1 atom stereocenters. The van der Waals surface area contributed by atoms with Gasteiger partial charge in [0.2, 0.25) is 0 Å². The van der Waals surface area contributed by atoms with Crippen molar-refractivity contribution in [2.45, 2.75) is 20.0 Å². The fraction of sp³-hybridized carbons (Fsp3) is 0.316. The third-order valence-electron chi connectivity index (χ3n) is 4.02. The van der Waals surface area contributed by atoms with Crippen molar-refractivity contribution in [1.29, 1.82) is 0 Å². The average Bonchev–Trinajstić information content (AvgIpc) is 2.56. The predicted octanol–water partition coefficient (Wildman–Crippen LogP) is 3.22. The number of nitrogens with zero attached hydrogens (tertiary/aromatic N) is 1. The largest absolute Gasteiger partial charge is 0.387 e. The van der Waals surface area contributed by atoms with E-state index in [2.05, 4.69) is 10.6 Å². The lowest BCUT2D eigenvalue weighted by Gasteiger charge is -2.16. The molecular formula is C19H25N3O2. The van der Waals surface area contributed by atoms with Crippen LogP contribution in [0, 0.1) is 13.8 Å². The Labute approximate surface area is 143 Å². The normalized spacial score (nSPS) is 11.7. The maximum absolute atomic E-state index is 11.9. The second kappa shape index (κ2) is 7.84. The highest BCUT2D eigenvalue weighted by molar-refractivity contribution is 5.89. The minimum Gasteiger partial charge on any atom is -0.387 e. The number of aliphatic hydroxyl groups excluding tert-OH is 1. The van der Waals surface area contributed by atoms with Crippen LogP contribution in [0.1, 0.15) is 22.8 Å². The van der Waals surface area contributed by atoms with Crippen LogP contribution < -0.4 is 15.5 Å². The van der Waals surface area contributed by atoms with Crippen LogP contribution in [-0.2, 0) is 0 Å². The van der Waals surface area contributed by atoms with E-state index in [-0.39, 0.29) is 12.6 Å². The molecule has 0 bridgehead atoms. The van der Waals surface area contributed by atoms with Crippen LogP contribution in [0.4, 0.5) is 16.2 Å². The first-order valence-corrected chi connectivity index (χ1v) is 7.94. The first-order valence-electron chi connectivity index (χ1n) is 7.94. The van der Waals surface area contributed by atoms with E-state index in [0.29, 0.717) is 0 Å². The van der Waals surface area contributed by atoms with E-state index < -0.39 is 6.10 Å². The summed E-state index contributed by atoms with van der Waals surface area (Å²) in [6.07, 6.45) is -0.744. The van der Waals surface area contributed by atoms with Gasteiger partial charge in [-0.3, -0.25) is 0 Å². The summed E-state index contributed by atoms with van der Waals surface area (Å²) >= 11 is 0. The SMILES string of the molecule is Cc1ccc(NC(=O)NC[C@H](O)c2ccc(N(C)C)cc2)cc1C. The van der Waals surface area contributed by atoms with Crippen LogP contribution >= 0.6 is 0 Å². The molecule has 2 aromatic rings. The lowest BCUT2D eigenvalue weighted by atomic mass is 10.1. The Morgan fingerprint density at radius 1 is 1.08 bits per heavy atom. The quantitative estimate of drug-likeness (QED) is 0.790. The minimum atomic E-state index is -0.744. The van der Waals surface area contributed by atoms with Gasteiger partial charge in [-0.2, -0.15) is 0 Å². The molecule has 0 saturated carbocycles. The van der Waals surface area contributed by atoms with Crippen LogP contribution in [0.15, 0.2) is 42.5 Å². The fourth-order valence-corrected chi connectivity index (χ4v) is 2.30. The Balaban J connectivity index is 1.87. The zero-order chi connectivity index (χ0) is 17.7. The van der Waals surface area contributed by atoms with Crippen molar-refractivity contribution in [3.8, 4) is 0 Å². The molecule has 0 fully saturated rings. The summed E-state index contributed by atoms with van der Waals surface area (Å²) in [5, 5.41) is 15.7. The number of aryl methyl sites for hydroxylation is 2. The van der Waals surface area contributed by atoms with Gasteiger partial charge in [0, 0.05) is 32.0 Å². The van der Waals surface area contributed by atoms with Gasteiger partial charge in [-0.1, -0.05) is 18.2 Å². The number of carbonyl (C=O) groups is 1. The van der Waals surface area contributed by atoms with Gasteiger partial charge in [0.1, 0.15) is 0 Å². The van der Waals surface area contributed by atoms with Crippen molar-refractivity contribution in [1.82, 2.24) is 5.32 Å². The molecule has 3 N–H and O–H groups in total. The van der Waals surface area contributed by atoms with E-state index >= 15 is 0 Å². The predicted molar refractivity (Wildman–Crippen MR) is 98.7 cm³/mol. The first-order chi connectivity index (χ1) is 11.4. The van der Waals surface area contributed by atoms with Crippen molar-refractivity contribution >= 4 is 17.4 Å². The summed E-state index contributed by atoms with van der Waals surface area (Å²) in [5.41, 5.74) is 4.87. The number of benzene rings is 2. The summed E-state index contributed by atoms with van der Waals surface area (Å²) in [7, 11) is 3.92. The summed E-state index contributed by atoms with van der Waals surface area (Å²) in [6, 6.07) is 13.0. The summed E-state index contributed by atoms with van der Waals surface area (Å²) in [4.78, 5) is 13.9. The van der Waals surface area contributed by atoms with Crippen LogP contribution in [0.25, 0.3) is 0 Å². The van der Waals surface area contributed by atoms with Gasteiger partial charge in [0.15, 0.2) is 0 Å². The first kappa shape index (κ1) is 17.8. The molecule has 0 aliphatic heterocycles. The van der Waals surface area contributed by atoms with Gasteiger partial charge in [-0.05, 0) is 54.8 Å². The molecule has 0 radical (unpaired) electrons. The number of amides is 2. The molecule has 0 heterocycles. The van der Waals surface area contributed by atoms with Crippen LogP contribution in [0.2, 0.25) is 0 Å². The number of rotatable bonds is 5. The molecule has 2 amide bonds. The Morgan fingerprint density at radius 2 is 1.75 bits per heavy atom.